The van der Waals surface area contributed by atoms with E-state index in [9.17, 15) is 14.7 Å². The number of aromatic nitrogens is 3. The average Bonchev–Trinajstić information content (AvgIpc) is 3.58. The molecule has 10 heteroatoms. The summed E-state index contributed by atoms with van der Waals surface area (Å²) in [7, 11) is 1.76. The fraction of sp³-hybridized carbons (Fsp3) is 0.640. The van der Waals surface area contributed by atoms with E-state index in [2.05, 4.69) is 28.7 Å². The molecule has 0 unspecified atom stereocenters. The number of hydrogen-bond acceptors (Lipinski definition) is 7. The molecule has 0 radical (unpaired) electrons. The van der Waals surface area contributed by atoms with Gasteiger partial charge in [-0.1, -0.05) is 19.1 Å². The molecule has 2 saturated heterocycles. The molecule has 3 N–H and O–H groups in total. The second kappa shape index (κ2) is 9.66. The predicted octanol–water partition coefficient (Wildman–Crippen LogP) is 2.39. The number of ether oxygens (including phenoxy) is 2. The molecule has 0 bridgehead atoms. The Morgan fingerprint density at radius 1 is 1.17 bits per heavy atom. The minimum atomic E-state index is -0.552. The van der Waals surface area contributed by atoms with Crippen LogP contribution in [0.15, 0.2) is 10.9 Å². The Labute approximate surface area is 204 Å². The van der Waals surface area contributed by atoms with E-state index < -0.39 is 17.3 Å². The van der Waals surface area contributed by atoms with E-state index in [0.717, 1.165) is 57.3 Å². The second-order valence-electron chi connectivity index (χ2n) is 10.3. The SMILES string of the molecule is CNc1nn2c(O)c(C(=O)NC3CC3)c(=O)n(CC3(C)CCOCC3)c2c1C=CC1CCOCC1. The summed E-state index contributed by atoms with van der Waals surface area (Å²) in [4.78, 5) is 26.8. The molecular weight excluding hydrogens is 450 g/mol. The van der Waals surface area contributed by atoms with Gasteiger partial charge >= 0.3 is 0 Å². The number of aromatic hydroxyl groups is 1. The number of nitrogens with one attached hydrogen (secondary N) is 2. The van der Waals surface area contributed by atoms with Gasteiger partial charge in [0.2, 0.25) is 5.88 Å². The zero-order valence-corrected chi connectivity index (χ0v) is 20.5. The van der Waals surface area contributed by atoms with Gasteiger partial charge in [0, 0.05) is 46.1 Å². The number of rotatable bonds is 7. The lowest BCUT2D eigenvalue weighted by atomic mass is 9.82. The van der Waals surface area contributed by atoms with Crippen molar-refractivity contribution in [1.82, 2.24) is 19.5 Å². The smallest absolute Gasteiger partial charge is 0.270 e. The molecule has 0 spiro atoms. The summed E-state index contributed by atoms with van der Waals surface area (Å²) in [6, 6.07) is 0.0573. The van der Waals surface area contributed by atoms with Gasteiger partial charge in [-0.25, -0.2) is 0 Å². The lowest BCUT2D eigenvalue weighted by Crippen LogP contribution is -2.39. The van der Waals surface area contributed by atoms with Crippen molar-refractivity contribution >= 4 is 23.4 Å². The average molecular weight is 486 g/mol. The molecule has 2 aromatic rings. The highest BCUT2D eigenvalue weighted by molar-refractivity contribution is 5.97. The monoisotopic (exact) mass is 485 g/mol. The normalized spacial score (nSPS) is 21.0. The highest BCUT2D eigenvalue weighted by Crippen LogP contribution is 2.34. The van der Waals surface area contributed by atoms with Crippen LogP contribution in [-0.2, 0) is 16.0 Å². The molecule has 3 aliphatic rings. The Hall–Kier alpha value is -2.85. The van der Waals surface area contributed by atoms with Gasteiger partial charge in [-0.2, -0.15) is 4.52 Å². The lowest BCUT2D eigenvalue weighted by molar-refractivity contribution is 0.0154. The van der Waals surface area contributed by atoms with E-state index in [-0.39, 0.29) is 17.0 Å². The fourth-order valence-corrected chi connectivity index (χ4v) is 4.97. The summed E-state index contributed by atoms with van der Waals surface area (Å²) < 4.78 is 14.0. The highest BCUT2D eigenvalue weighted by atomic mass is 16.5. The first kappa shape index (κ1) is 23.9. The first-order chi connectivity index (χ1) is 16.9. The number of carbonyl (C=O) groups is 1. The Kier molecular flexibility index (Phi) is 6.59. The van der Waals surface area contributed by atoms with Crippen molar-refractivity contribution in [1.29, 1.82) is 0 Å². The van der Waals surface area contributed by atoms with Crippen LogP contribution in [0.3, 0.4) is 0 Å². The number of anilines is 1. The molecule has 3 fully saturated rings. The largest absolute Gasteiger partial charge is 0.492 e. The van der Waals surface area contributed by atoms with Gasteiger partial charge < -0.3 is 25.2 Å². The zero-order chi connectivity index (χ0) is 24.6. The molecule has 4 heterocycles. The summed E-state index contributed by atoms with van der Waals surface area (Å²) in [5.41, 5.74) is 0.261. The molecule has 2 aromatic heterocycles. The topological polar surface area (TPSA) is 119 Å². The van der Waals surface area contributed by atoms with Gasteiger partial charge in [-0.05, 0) is 49.9 Å². The van der Waals surface area contributed by atoms with Crippen molar-refractivity contribution in [2.24, 2.45) is 11.3 Å². The molecule has 0 atom stereocenters. The van der Waals surface area contributed by atoms with Gasteiger partial charge in [0.15, 0.2) is 17.0 Å². The standard InChI is InChI=1S/C25H35N5O5/c1-25(9-13-35-14-10-25)15-29-22-18(6-3-16-7-11-34-12-8-16)20(26-2)28-30(22)24(33)19(23(29)32)21(31)27-17-4-5-17/h3,6,16-17,33H,4-5,7-15H2,1-2H3,(H,26,28)(H,27,31). The Balaban J connectivity index is 1.67. The van der Waals surface area contributed by atoms with E-state index in [1.807, 2.05) is 6.08 Å². The number of nitrogens with zero attached hydrogens (tertiary/aromatic N) is 3. The predicted molar refractivity (Wildman–Crippen MR) is 132 cm³/mol. The third-order valence-corrected chi connectivity index (χ3v) is 7.45. The van der Waals surface area contributed by atoms with Gasteiger partial charge in [0.05, 0.1) is 5.56 Å². The van der Waals surface area contributed by atoms with Crippen LogP contribution >= 0.6 is 0 Å². The quantitative estimate of drug-likeness (QED) is 0.551. The zero-order valence-electron chi connectivity index (χ0n) is 20.5. The minimum Gasteiger partial charge on any atom is -0.492 e. The first-order valence-electron chi connectivity index (χ1n) is 12.6. The molecule has 10 nitrogen and oxygen atoms in total. The molecule has 1 aliphatic carbocycles. The Bertz CT molecular complexity index is 1180. The molecule has 1 amide bonds. The summed E-state index contributed by atoms with van der Waals surface area (Å²) >= 11 is 0. The molecule has 1 saturated carbocycles. The van der Waals surface area contributed by atoms with Crippen LogP contribution in [0.2, 0.25) is 0 Å². The lowest BCUT2D eigenvalue weighted by Gasteiger charge is -2.34. The van der Waals surface area contributed by atoms with Crippen LogP contribution in [0.25, 0.3) is 11.7 Å². The maximum atomic E-state index is 13.8. The van der Waals surface area contributed by atoms with Crippen molar-refractivity contribution in [2.45, 2.75) is 58.0 Å². The van der Waals surface area contributed by atoms with E-state index in [0.29, 0.717) is 37.1 Å². The van der Waals surface area contributed by atoms with Crippen molar-refractivity contribution in [3.8, 4) is 5.88 Å². The third kappa shape index (κ3) is 4.81. The number of carbonyl (C=O) groups excluding carboxylic acids is 1. The van der Waals surface area contributed by atoms with E-state index in [4.69, 9.17) is 9.47 Å². The van der Waals surface area contributed by atoms with E-state index in [1.54, 1.807) is 11.6 Å². The number of amides is 1. The fourth-order valence-electron chi connectivity index (χ4n) is 4.97. The number of fused-ring (bicyclic) bond motifs is 1. The van der Waals surface area contributed by atoms with Crippen LogP contribution in [0.4, 0.5) is 5.82 Å². The van der Waals surface area contributed by atoms with Crippen LogP contribution in [0.5, 0.6) is 5.88 Å². The Morgan fingerprint density at radius 3 is 2.51 bits per heavy atom. The molecular formula is C25H35N5O5. The number of hydrogen-bond donors (Lipinski definition) is 3. The van der Waals surface area contributed by atoms with Crippen LogP contribution in [0, 0.1) is 11.3 Å². The van der Waals surface area contributed by atoms with Gasteiger partial charge in [-0.3, -0.25) is 14.2 Å². The maximum Gasteiger partial charge on any atom is 0.270 e. The van der Waals surface area contributed by atoms with Gasteiger partial charge in [0.1, 0.15) is 0 Å². The van der Waals surface area contributed by atoms with Crippen molar-refractivity contribution in [3.05, 3.63) is 27.6 Å². The van der Waals surface area contributed by atoms with Crippen molar-refractivity contribution in [3.63, 3.8) is 0 Å². The summed E-state index contributed by atoms with van der Waals surface area (Å²) in [5, 5.41) is 21.6. The van der Waals surface area contributed by atoms with Crippen LogP contribution in [0.1, 0.15) is 61.4 Å². The van der Waals surface area contributed by atoms with E-state index >= 15 is 0 Å². The Morgan fingerprint density at radius 2 is 1.86 bits per heavy atom. The second-order valence-corrected chi connectivity index (χ2v) is 10.3. The molecule has 35 heavy (non-hydrogen) atoms. The summed E-state index contributed by atoms with van der Waals surface area (Å²) in [6.07, 6.45) is 9.36. The molecule has 2 aliphatic heterocycles. The van der Waals surface area contributed by atoms with Gasteiger partial charge in [0.25, 0.3) is 11.5 Å². The van der Waals surface area contributed by atoms with Gasteiger partial charge in [-0.15, -0.1) is 5.10 Å². The summed E-state index contributed by atoms with van der Waals surface area (Å²) in [5.74, 6) is -0.0789. The first-order valence-corrected chi connectivity index (χ1v) is 12.6. The van der Waals surface area contributed by atoms with Crippen molar-refractivity contribution in [2.75, 3.05) is 38.8 Å². The molecule has 5 rings (SSSR count). The third-order valence-electron chi connectivity index (χ3n) is 7.45. The maximum absolute atomic E-state index is 13.8. The molecule has 190 valence electrons. The highest BCUT2D eigenvalue weighted by Gasteiger charge is 2.34. The van der Waals surface area contributed by atoms with Crippen LogP contribution in [-0.4, -0.2) is 64.7 Å². The minimum absolute atomic E-state index is 0.0573. The summed E-state index contributed by atoms with van der Waals surface area (Å²) in [6.45, 7) is 5.26. The number of allylic oxidation sites excluding steroid dienone is 1. The molecule has 0 aromatic carbocycles. The van der Waals surface area contributed by atoms with Crippen LogP contribution < -0.4 is 16.2 Å². The van der Waals surface area contributed by atoms with E-state index in [1.165, 1.54) is 4.52 Å². The van der Waals surface area contributed by atoms with Crippen molar-refractivity contribution < 1.29 is 19.4 Å².